The van der Waals surface area contributed by atoms with Gasteiger partial charge >= 0.3 is 6.18 Å². The Hall–Kier alpha value is -1.23. The number of hydrogen-bond donors (Lipinski definition) is 1. The molecule has 1 atom stereocenters. The topological polar surface area (TPSA) is 21.3 Å². The third kappa shape index (κ3) is 5.23. The first kappa shape index (κ1) is 17.8. The molecule has 1 aromatic carbocycles. The largest absolute Gasteiger partial charge is 0.497 e. The van der Waals surface area contributed by atoms with Gasteiger partial charge in [0.25, 0.3) is 0 Å². The van der Waals surface area contributed by atoms with Crippen LogP contribution in [0, 0.1) is 5.41 Å². The van der Waals surface area contributed by atoms with Crippen LogP contribution in [-0.2, 0) is 6.54 Å². The highest BCUT2D eigenvalue weighted by Gasteiger charge is 2.52. The molecule has 0 aliphatic heterocycles. The highest BCUT2D eigenvalue weighted by molar-refractivity contribution is 5.27. The number of methoxy groups -OCH3 is 1. The lowest BCUT2D eigenvalue weighted by Gasteiger charge is -2.38. The Bertz CT molecular complexity index is 448. The summed E-state index contributed by atoms with van der Waals surface area (Å²) in [6.07, 6.45) is -4.29. The number of nitrogens with one attached hydrogen (secondary N) is 1. The first-order valence-electron chi connectivity index (χ1n) is 6.91. The van der Waals surface area contributed by atoms with Gasteiger partial charge in [-0.1, -0.05) is 32.9 Å². The van der Waals surface area contributed by atoms with Crippen LogP contribution >= 0.6 is 0 Å². The van der Waals surface area contributed by atoms with Crippen molar-refractivity contribution in [3.05, 3.63) is 29.8 Å². The molecule has 0 saturated carbocycles. The van der Waals surface area contributed by atoms with Crippen molar-refractivity contribution >= 4 is 0 Å². The third-order valence-corrected chi connectivity index (χ3v) is 3.35. The molecular formula is C16H24F3NO. The van der Waals surface area contributed by atoms with Crippen molar-refractivity contribution in [2.75, 3.05) is 7.11 Å². The zero-order valence-corrected chi connectivity index (χ0v) is 13.3. The van der Waals surface area contributed by atoms with Gasteiger partial charge in [0.1, 0.15) is 11.3 Å². The van der Waals surface area contributed by atoms with E-state index >= 15 is 0 Å². The maximum atomic E-state index is 13.4. The Labute approximate surface area is 124 Å². The fourth-order valence-electron chi connectivity index (χ4n) is 2.36. The Kier molecular flexibility index (Phi) is 5.31. The average molecular weight is 303 g/mol. The summed E-state index contributed by atoms with van der Waals surface area (Å²) in [6, 6.07) is 7.01. The molecule has 2 nitrogen and oxygen atoms in total. The quantitative estimate of drug-likeness (QED) is 0.862. The van der Waals surface area contributed by atoms with Crippen LogP contribution in [0.2, 0.25) is 0 Å². The van der Waals surface area contributed by atoms with Gasteiger partial charge in [-0.3, -0.25) is 5.32 Å². The van der Waals surface area contributed by atoms with Crippen molar-refractivity contribution in [2.45, 2.75) is 52.4 Å². The Morgan fingerprint density at radius 3 is 1.90 bits per heavy atom. The lowest BCUT2D eigenvalue weighted by atomic mass is 9.80. The lowest BCUT2D eigenvalue weighted by molar-refractivity contribution is -0.200. The summed E-state index contributed by atoms with van der Waals surface area (Å²) in [4.78, 5) is 0. The predicted octanol–water partition coefficient (Wildman–Crippen LogP) is 4.54. The molecule has 1 unspecified atom stereocenters. The molecule has 1 N–H and O–H groups in total. The summed E-state index contributed by atoms with van der Waals surface area (Å²) in [5.41, 5.74) is -1.54. The second-order valence-corrected chi connectivity index (χ2v) is 6.77. The number of ether oxygens (including phenoxy) is 1. The molecule has 5 heteroatoms. The summed E-state index contributed by atoms with van der Waals surface area (Å²) in [5.74, 6) is 0.687. The van der Waals surface area contributed by atoms with Crippen molar-refractivity contribution in [3.8, 4) is 5.75 Å². The number of rotatable bonds is 5. The monoisotopic (exact) mass is 303 g/mol. The van der Waals surface area contributed by atoms with Crippen LogP contribution in [0.1, 0.15) is 39.7 Å². The Morgan fingerprint density at radius 1 is 1.00 bits per heavy atom. The molecule has 0 spiro atoms. The third-order valence-electron chi connectivity index (χ3n) is 3.35. The van der Waals surface area contributed by atoms with Crippen LogP contribution in [0.25, 0.3) is 0 Å². The first-order chi connectivity index (χ1) is 9.47. The molecule has 0 heterocycles. The molecule has 0 aromatic heterocycles. The molecule has 120 valence electrons. The van der Waals surface area contributed by atoms with Crippen LogP contribution in [0.15, 0.2) is 24.3 Å². The van der Waals surface area contributed by atoms with Gasteiger partial charge in [-0.2, -0.15) is 13.2 Å². The molecule has 21 heavy (non-hydrogen) atoms. The van der Waals surface area contributed by atoms with Crippen molar-refractivity contribution in [1.82, 2.24) is 5.32 Å². The van der Waals surface area contributed by atoms with E-state index in [-0.39, 0.29) is 13.0 Å². The zero-order chi connectivity index (χ0) is 16.3. The predicted molar refractivity (Wildman–Crippen MR) is 78.4 cm³/mol. The smallest absolute Gasteiger partial charge is 0.406 e. The molecular weight excluding hydrogens is 279 g/mol. The van der Waals surface area contributed by atoms with Gasteiger partial charge in [0.15, 0.2) is 0 Å². The maximum absolute atomic E-state index is 13.4. The van der Waals surface area contributed by atoms with Crippen molar-refractivity contribution in [2.24, 2.45) is 5.41 Å². The van der Waals surface area contributed by atoms with Gasteiger partial charge in [0.2, 0.25) is 0 Å². The van der Waals surface area contributed by atoms with Gasteiger partial charge in [-0.25, -0.2) is 0 Å². The van der Waals surface area contributed by atoms with E-state index in [0.29, 0.717) is 5.75 Å². The van der Waals surface area contributed by atoms with E-state index in [1.807, 2.05) is 20.8 Å². The van der Waals surface area contributed by atoms with Crippen molar-refractivity contribution in [1.29, 1.82) is 0 Å². The van der Waals surface area contributed by atoms with Gasteiger partial charge in [-0.15, -0.1) is 0 Å². The highest BCUT2D eigenvalue weighted by Crippen LogP contribution is 2.39. The minimum absolute atomic E-state index is 0.0135. The van der Waals surface area contributed by atoms with E-state index in [1.54, 1.807) is 31.4 Å². The van der Waals surface area contributed by atoms with E-state index in [9.17, 15) is 13.2 Å². The van der Waals surface area contributed by atoms with E-state index in [1.165, 1.54) is 6.92 Å². The molecule has 0 bridgehead atoms. The zero-order valence-electron chi connectivity index (χ0n) is 13.3. The standard InChI is InChI=1S/C16H24F3NO/c1-14(2,3)11-15(4,16(17,18)19)20-10-12-6-8-13(21-5)9-7-12/h6-9,20H,10-11H2,1-5H3. The van der Waals surface area contributed by atoms with Gasteiger partial charge in [0, 0.05) is 6.54 Å². The number of hydrogen-bond acceptors (Lipinski definition) is 2. The minimum Gasteiger partial charge on any atom is -0.497 e. The fraction of sp³-hybridized carbons (Fsp3) is 0.625. The summed E-state index contributed by atoms with van der Waals surface area (Å²) < 4.78 is 45.2. The van der Waals surface area contributed by atoms with E-state index in [0.717, 1.165) is 5.56 Å². The SMILES string of the molecule is COc1ccc(CNC(C)(CC(C)(C)C)C(F)(F)F)cc1. The van der Waals surface area contributed by atoms with E-state index < -0.39 is 17.1 Å². The Balaban J connectivity index is 2.82. The lowest BCUT2D eigenvalue weighted by Crippen LogP contribution is -2.55. The second kappa shape index (κ2) is 6.26. The minimum atomic E-state index is -4.30. The Morgan fingerprint density at radius 2 is 1.52 bits per heavy atom. The van der Waals surface area contributed by atoms with Crippen LogP contribution < -0.4 is 10.1 Å². The van der Waals surface area contributed by atoms with Gasteiger partial charge in [0.05, 0.1) is 7.11 Å². The molecule has 0 radical (unpaired) electrons. The average Bonchev–Trinajstić information content (AvgIpc) is 2.33. The van der Waals surface area contributed by atoms with E-state index in [4.69, 9.17) is 4.74 Å². The molecule has 0 saturated heterocycles. The maximum Gasteiger partial charge on any atom is 0.406 e. The normalized spacial score (nSPS) is 15.6. The molecule has 1 aromatic rings. The van der Waals surface area contributed by atoms with Crippen molar-refractivity contribution in [3.63, 3.8) is 0 Å². The number of benzene rings is 1. The van der Waals surface area contributed by atoms with Crippen LogP contribution in [0.4, 0.5) is 13.2 Å². The van der Waals surface area contributed by atoms with Crippen LogP contribution in [-0.4, -0.2) is 18.8 Å². The fourth-order valence-corrected chi connectivity index (χ4v) is 2.36. The highest BCUT2D eigenvalue weighted by atomic mass is 19.4. The number of halogens is 3. The summed E-state index contributed by atoms with van der Waals surface area (Å²) >= 11 is 0. The number of alkyl halides is 3. The summed E-state index contributed by atoms with van der Waals surface area (Å²) in [5, 5.41) is 2.68. The van der Waals surface area contributed by atoms with Gasteiger partial charge in [-0.05, 0) is 36.5 Å². The molecule has 0 amide bonds. The molecule has 1 rings (SSSR count). The van der Waals surface area contributed by atoms with E-state index in [2.05, 4.69) is 5.32 Å². The van der Waals surface area contributed by atoms with Gasteiger partial charge < -0.3 is 4.74 Å². The molecule has 0 aliphatic carbocycles. The summed E-state index contributed by atoms with van der Waals surface area (Å²) in [6.45, 7) is 6.82. The van der Waals surface area contributed by atoms with Crippen LogP contribution in [0.3, 0.4) is 0 Å². The molecule has 0 aliphatic rings. The molecule has 0 fully saturated rings. The van der Waals surface area contributed by atoms with Crippen molar-refractivity contribution < 1.29 is 17.9 Å². The second-order valence-electron chi connectivity index (χ2n) is 6.77. The van der Waals surface area contributed by atoms with Crippen LogP contribution in [0.5, 0.6) is 5.75 Å². The first-order valence-corrected chi connectivity index (χ1v) is 6.91. The summed E-state index contributed by atoms with van der Waals surface area (Å²) in [7, 11) is 1.55.